The number of esters is 1. The normalized spacial score (nSPS) is 28.5. The molecular weight excluding hydrogens is 388 g/mol. The Morgan fingerprint density at radius 1 is 1.23 bits per heavy atom. The number of aromatic hydroxyl groups is 1. The van der Waals surface area contributed by atoms with E-state index in [-0.39, 0.29) is 22.7 Å². The SMILES string of the molecule is CC12CCC(C1)C(C)(C)C2OC(=O)[C@H](NC(=O)[C@@H](N)CC(=O)O)c1ccc(O)cc1. The van der Waals surface area contributed by atoms with Crippen molar-refractivity contribution in [1.82, 2.24) is 5.32 Å². The van der Waals surface area contributed by atoms with Crippen LogP contribution < -0.4 is 11.1 Å². The molecule has 1 aromatic carbocycles. The number of carboxylic acids is 1. The molecule has 0 spiro atoms. The number of phenolic OH excluding ortho intramolecular Hbond substituents is 1. The highest BCUT2D eigenvalue weighted by atomic mass is 16.5. The largest absolute Gasteiger partial charge is 0.508 e. The smallest absolute Gasteiger partial charge is 0.333 e. The van der Waals surface area contributed by atoms with Crippen molar-refractivity contribution < 1.29 is 29.3 Å². The third kappa shape index (κ3) is 4.14. The van der Waals surface area contributed by atoms with Gasteiger partial charge in [0.25, 0.3) is 0 Å². The van der Waals surface area contributed by atoms with Gasteiger partial charge in [-0.05, 0) is 42.9 Å². The first-order chi connectivity index (χ1) is 13.9. The molecular formula is C22H30N2O6. The molecule has 2 aliphatic rings. The fourth-order valence-corrected chi connectivity index (χ4v) is 5.21. The second-order valence-electron chi connectivity index (χ2n) is 9.47. The molecule has 0 heterocycles. The van der Waals surface area contributed by atoms with E-state index in [1.165, 1.54) is 24.3 Å². The first-order valence-electron chi connectivity index (χ1n) is 10.2. The molecule has 164 valence electrons. The first kappa shape index (κ1) is 22.1. The summed E-state index contributed by atoms with van der Waals surface area (Å²) in [4.78, 5) is 36.5. The lowest BCUT2D eigenvalue weighted by atomic mass is 9.70. The minimum atomic E-state index is -1.30. The molecule has 3 rings (SSSR count). The van der Waals surface area contributed by atoms with Gasteiger partial charge in [-0.2, -0.15) is 0 Å². The summed E-state index contributed by atoms with van der Waals surface area (Å²) in [6, 6.07) is 3.38. The minimum absolute atomic E-state index is 0.0153. The van der Waals surface area contributed by atoms with Crippen molar-refractivity contribution in [1.29, 1.82) is 0 Å². The van der Waals surface area contributed by atoms with E-state index in [1.807, 2.05) is 0 Å². The van der Waals surface area contributed by atoms with Gasteiger partial charge in [-0.1, -0.05) is 32.9 Å². The molecule has 8 nitrogen and oxygen atoms in total. The molecule has 5 N–H and O–H groups in total. The molecule has 2 aliphatic carbocycles. The van der Waals surface area contributed by atoms with Gasteiger partial charge in [0.05, 0.1) is 12.5 Å². The Labute approximate surface area is 175 Å². The van der Waals surface area contributed by atoms with Crippen LogP contribution in [0, 0.1) is 16.7 Å². The molecule has 0 radical (unpaired) electrons. The Morgan fingerprint density at radius 3 is 2.40 bits per heavy atom. The number of amides is 1. The Hall–Kier alpha value is -2.61. The van der Waals surface area contributed by atoms with Crippen molar-refractivity contribution in [2.75, 3.05) is 0 Å². The van der Waals surface area contributed by atoms with Gasteiger partial charge < -0.3 is 26.0 Å². The number of hydrogen-bond donors (Lipinski definition) is 4. The number of nitrogens with one attached hydrogen (secondary N) is 1. The molecule has 30 heavy (non-hydrogen) atoms. The van der Waals surface area contributed by atoms with E-state index in [0.717, 1.165) is 19.3 Å². The Morgan fingerprint density at radius 2 is 1.87 bits per heavy atom. The number of carbonyl (C=O) groups is 3. The summed E-state index contributed by atoms with van der Waals surface area (Å²) in [5.74, 6) is -2.10. The highest BCUT2D eigenvalue weighted by Gasteiger charge is 2.61. The molecule has 1 aromatic rings. The van der Waals surface area contributed by atoms with Gasteiger partial charge in [0.1, 0.15) is 11.9 Å². The lowest BCUT2D eigenvalue weighted by molar-refractivity contribution is -0.168. The number of rotatable bonds is 7. The topological polar surface area (TPSA) is 139 Å². The second kappa shape index (κ2) is 7.91. The molecule has 5 atom stereocenters. The maximum absolute atomic E-state index is 13.2. The van der Waals surface area contributed by atoms with Crippen LogP contribution in [0.4, 0.5) is 0 Å². The number of benzene rings is 1. The van der Waals surface area contributed by atoms with E-state index in [2.05, 4.69) is 26.1 Å². The van der Waals surface area contributed by atoms with Crippen LogP contribution >= 0.6 is 0 Å². The minimum Gasteiger partial charge on any atom is -0.508 e. The predicted molar refractivity (Wildman–Crippen MR) is 108 cm³/mol. The predicted octanol–water partition coefficient (Wildman–Crippen LogP) is 2.11. The van der Waals surface area contributed by atoms with Crippen LogP contribution in [0.5, 0.6) is 5.75 Å². The van der Waals surface area contributed by atoms with Crippen LogP contribution in [0.25, 0.3) is 0 Å². The average molecular weight is 418 g/mol. The highest BCUT2D eigenvalue weighted by molar-refractivity contribution is 5.90. The van der Waals surface area contributed by atoms with E-state index in [0.29, 0.717) is 11.5 Å². The van der Waals surface area contributed by atoms with Crippen LogP contribution in [0.3, 0.4) is 0 Å². The zero-order chi connectivity index (χ0) is 22.3. The van der Waals surface area contributed by atoms with Crippen molar-refractivity contribution in [2.45, 2.75) is 64.6 Å². The number of nitrogens with two attached hydrogens (primary N) is 1. The standard InChI is InChI=1S/C22H30N2O6/c1-21(2)13-8-9-22(3,11-13)20(21)30-19(29)17(12-4-6-14(25)7-5-12)24-18(28)15(23)10-16(26)27/h4-7,13,15,17,20,25H,8-11,23H2,1-3H3,(H,24,28)(H,26,27)/t13?,15-,17+,20?,22?/m0/s1. The van der Waals surface area contributed by atoms with E-state index >= 15 is 0 Å². The van der Waals surface area contributed by atoms with Crippen molar-refractivity contribution in [3.05, 3.63) is 29.8 Å². The number of fused-ring (bicyclic) bond motifs is 2. The number of hydrogen-bond acceptors (Lipinski definition) is 6. The van der Waals surface area contributed by atoms with Gasteiger partial charge in [-0.3, -0.25) is 9.59 Å². The quantitative estimate of drug-likeness (QED) is 0.497. The molecule has 0 aromatic heterocycles. The molecule has 0 aliphatic heterocycles. The van der Waals surface area contributed by atoms with Crippen molar-refractivity contribution in [2.24, 2.45) is 22.5 Å². The Kier molecular flexibility index (Phi) is 5.82. The van der Waals surface area contributed by atoms with Gasteiger partial charge in [-0.15, -0.1) is 0 Å². The van der Waals surface area contributed by atoms with Crippen molar-refractivity contribution >= 4 is 17.8 Å². The molecule has 0 saturated heterocycles. The fourth-order valence-electron chi connectivity index (χ4n) is 5.21. The van der Waals surface area contributed by atoms with Crippen LogP contribution in [0.15, 0.2) is 24.3 Å². The summed E-state index contributed by atoms with van der Waals surface area (Å²) in [6.45, 7) is 6.35. The van der Waals surface area contributed by atoms with Gasteiger partial charge >= 0.3 is 11.9 Å². The van der Waals surface area contributed by atoms with Crippen LogP contribution in [0.1, 0.15) is 58.1 Å². The monoisotopic (exact) mass is 418 g/mol. The van der Waals surface area contributed by atoms with Gasteiger partial charge in [0.2, 0.25) is 5.91 Å². The lowest BCUT2D eigenvalue weighted by Crippen LogP contribution is -2.48. The zero-order valence-electron chi connectivity index (χ0n) is 17.6. The summed E-state index contributed by atoms with van der Waals surface area (Å²) in [7, 11) is 0. The van der Waals surface area contributed by atoms with Gasteiger partial charge in [0, 0.05) is 10.8 Å². The Balaban J connectivity index is 1.83. The van der Waals surface area contributed by atoms with Gasteiger partial charge in [0.15, 0.2) is 6.04 Å². The van der Waals surface area contributed by atoms with Crippen LogP contribution in [0.2, 0.25) is 0 Å². The first-order valence-corrected chi connectivity index (χ1v) is 10.2. The maximum Gasteiger partial charge on any atom is 0.333 e. The van der Waals surface area contributed by atoms with Crippen LogP contribution in [-0.2, 0) is 19.1 Å². The van der Waals surface area contributed by atoms with Crippen molar-refractivity contribution in [3.8, 4) is 5.75 Å². The van der Waals surface area contributed by atoms with E-state index < -0.39 is 36.4 Å². The molecule has 2 bridgehead atoms. The third-order valence-electron chi connectivity index (χ3n) is 6.85. The molecule has 2 fully saturated rings. The summed E-state index contributed by atoms with van der Waals surface area (Å²) in [5, 5.41) is 21.0. The molecule has 2 saturated carbocycles. The highest BCUT2D eigenvalue weighted by Crippen LogP contribution is 2.63. The molecule has 3 unspecified atom stereocenters. The Bertz CT molecular complexity index is 832. The second-order valence-corrected chi connectivity index (χ2v) is 9.47. The summed E-state index contributed by atoms with van der Waals surface area (Å²) in [6.07, 6.45) is 2.25. The number of aliphatic carboxylic acids is 1. The third-order valence-corrected chi connectivity index (χ3v) is 6.85. The summed E-state index contributed by atoms with van der Waals surface area (Å²) in [5.41, 5.74) is 5.80. The number of carbonyl (C=O) groups excluding carboxylic acids is 2. The maximum atomic E-state index is 13.2. The molecule has 1 amide bonds. The molecule has 8 heteroatoms. The summed E-state index contributed by atoms with van der Waals surface area (Å²) < 4.78 is 6.00. The van der Waals surface area contributed by atoms with E-state index in [1.54, 1.807) is 0 Å². The number of ether oxygens (including phenoxy) is 1. The van der Waals surface area contributed by atoms with Crippen LogP contribution in [-0.4, -0.2) is 40.2 Å². The number of carboxylic acid groups (broad SMARTS) is 1. The number of phenols is 1. The van der Waals surface area contributed by atoms with Crippen molar-refractivity contribution in [3.63, 3.8) is 0 Å². The van der Waals surface area contributed by atoms with E-state index in [4.69, 9.17) is 15.6 Å². The average Bonchev–Trinajstić information content (AvgIpc) is 3.14. The lowest BCUT2D eigenvalue weighted by Gasteiger charge is -2.42. The fraction of sp³-hybridized carbons (Fsp3) is 0.591. The zero-order valence-corrected chi connectivity index (χ0v) is 17.6. The van der Waals surface area contributed by atoms with Gasteiger partial charge in [-0.25, -0.2) is 4.79 Å². The van der Waals surface area contributed by atoms with E-state index in [9.17, 15) is 19.5 Å². The summed E-state index contributed by atoms with van der Waals surface area (Å²) >= 11 is 0.